The Hall–Kier alpha value is -1.00. The minimum atomic E-state index is 0.536. The lowest BCUT2D eigenvalue weighted by molar-refractivity contribution is 0.0190. The quantitative estimate of drug-likeness (QED) is 0.547. The molecule has 0 aliphatic rings. The van der Waals surface area contributed by atoms with Crippen LogP contribution in [0.25, 0.3) is 0 Å². The van der Waals surface area contributed by atoms with Gasteiger partial charge in [-0.1, -0.05) is 13.8 Å². The van der Waals surface area contributed by atoms with Gasteiger partial charge in [-0.15, -0.1) is 0 Å². The number of rotatable bonds is 5. The van der Waals surface area contributed by atoms with E-state index in [0.29, 0.717) is 19.1 Å². The molecule has 0 spiro atoms. The van der Waals surface area contributed by atoms with Crippen molar-refractivity contribution in [2.45, 2.75) is 20.4 Å². The summed E-state index contributed by atoms with van der Waals surface area (Å²) < 4.78 is 0. The summed E-state index contributed by atoms with van der Waals surface area (Å²) in [5.74, 6) is 0.536. The Balaban J connectivity index is 2.13. The molecule has 1 heterocycles. The van der Waals surface area contributed by atoms with Crippen LogP contribution in [0.4, 0.5) is 0 Å². The summed E-state index contributed by atoms with van der Waals surface area (Å²) in [4.78, 5) is 13.2. The highest BCUT2D eigenvalue weighted by Gasteiger charge is 1.95. The fraction of sp³-hybridized carbons (Fsp3) is 0.556. The number of aromatic nitrogens is 2. The van der Waals surface area contributed by atoms with E-state index in [4.69, 9.17) is 4.84 Å². The van der Waals surface area contributed by atoms with Gasteiger partial charge in [0.05, 0.1) is 18.8 Å². The zero-order valence-electron chi connectivity index (χ0n) is 8.03. The van der Waals surface area contributed by atoms with Gasteiger partial charge in [-0.05, 0) is 5.92 Å². The van der Waals surface area contributed by atoms with Crippen LogP contribution < -0.4 is 5.48 Å². The van der Waals surface area contributed by atoms with Gasteiger partial charge in [-0.25, -0.2) is 0 Å². The van der Waals surface area contributed by atoms with E-state index in [1.807, 2.05) is 0 Å². The molecule has 13 heavy (non-hydrogen) atoms. The molecule has 0 aliphatic carbocycles. The van der Waals surface area contributed by atoms with Crippen LogP contribution in [0.2, 0.25) is 0 Å². The second-order valence-corrected chi connectivity index (χ2v) is 3.22. The van der Waals surface area contributed by atoms with Gasteiger partial charge in [0.2, 0.25) is 0 Å². The van der Waals surface area contributed by atoms with E-state index in [1.54, 1.807) is 18.6 Å². The van der Waals surface area contributed by atoms with Crippen molar-refractivity contribution < 1.29 is 4.84 Å². The predicted octanol–water partition coefficient (Wildman–Crippen LogP) is 1.15. The molecule has 0 unspecified atom stereocenters. The Morgan fingerprint density at radius 2 is 2.31 bits per heavy atom. The van der Waals surface area contributed by atoms with E-state index in [-0.39, 0.29) is 0 Å². The molecular weight excluding hydrogens is 166 g/mol. The van der Waals surface area contributed by atoms with Gasteiger partial charge in [0.15, 0.2) is 0 Å². The van der Waals surface area contributed by atoms with Crippen LogP contribution in [0.3, 0.4) is 0 Å². The largest absolute Gasteiger partial charge is 0.301 e. The fourth-order valence-electron chi connectivity index (χ4n) is 0.772. The topological polar surface area (TPSA) is 47.0 Å². The maximum absolute atomic E-state index is 5.18. The van der Waals surface area contributed by atoms with Crippen molar-refractivity contribution in [1.82, 2.24) is 15.4 Å². The number of hydrogen-bond acceptors (Lipinski definition) is 4. The molecule has 0 amide bonds. The highest BCUT2D eigenvalue weighted by atomic mass is 16.6. The van der Waals surface area contributed by atoms with Crippen LogP contribution in [-0.4, -0.2) is 16.6 Å². The Bertz CT molecular complexity index is 226. The van der Waals surface area contributed by atoms with Gasteiger partial charge >= 0.3 is 0 Å². The van der Waals surface area contributed by atoms with Crippen LogP contribution >= 0.6 is 0 Å². The van der Waals surface area contributed by atoms with Gasteiger partial charge in [0.25, 0.3) is 0 Å². The first-order chi connectivity index (χ1) is 6.29. The van der Waals surface area contributed by atoms with E-state index in [9.17, 15) is 0 Å². The van der Waals surface area contributed by atoms with Gasteiger partial charge in [0, 0.05) is 18.6 Å². The summed E-state index contributed by atoms with van der Waals surface area (Å²) in [6.07, 6.45) is 5.03. The SMILES string of the molecule is CC(C)CONCc1cnccn1. The zero-order chi connectivity index (χ0) is 9.52. The summed E-state index contributed by atoms with van der Waals surface area (Å²) in [5, 5.41) is 0. The number of hydroxylamine groups is 1. The molecule has 0 radical (unpaired) electrons. The molecule has 1 aromatic rings. The molecule has 1 N–H and O–H groups in total. The first-order valence-electron chi connectivity index (χ1n) is 4.38. The minimum absolute atomic E-state index is 0.536. The van der Waals surface area contributed by atoms with Crippen molar-refractivity contribution in [2.24, 2.45) is 5.92 Å². The van der Waals surface area contributed by atoms with Crippen LogP contribution in [-0.2, 0) is 11.4 Å². The van der Waals surface area contributed by atoms with E-state index in [2.05, 4.69) is 29.3 Å². The van der Waals surface area contributed by atoms with E-state index in [0.717, 1.165) is 5.69 Å². The molecule has 0 aliphatic heterocycles. The minimum Gasteiger partial charge on any atom is -0.301 e. The maximum Gasteiger partial charge on any atom is 0.0748 e. The molecule has 0 saturated heterocycles. The third kappa shape index (κ3) is 4.55. The normalized spacial score (nSPS) is 10.7. The lowest BCUT2D eigenvalue weighted by Crippen LogP contribution is -2.18. The zero-order valence-corrected chi connectivity index (χ0v) is 8.03. The molecule has 0 atom stereocenters. The number of nitrogens with zero attached hydrogens (tertiary/aromatic N) is 2. The summed E-state index contributed by atoms with van der Waals surface area (Å²) in [6.45, 7) is 5.51. The second-order valence-electron chi connectivity index (χ2n) is 3.22. The Morgan fingerprint density at radius 1 is 1.46 bits per heavy atom. The third-order valence-corrected chi connectivity index (χ3v) is 1.39. The number of nitrogens with one attached hydrogen (secondary N) is 1. The average Bonchev–Trinajstić information content (AvgIpc) is 2.14. The van der Waals surface area contributed by atoms with Crippen molar-refractivity contribution in [1.29, 1.82) is 0 Å². The summed E-state index contributed by atoms with van der Waals surface area (Å²) in [5.41, 5.74) is 3.71. The summed E-state index contributed by atoms with van der Waals surface area (Å²) >= 11 is 0. The van der Waals surface area contributed by atoms with E-state index >= 15 is 0 Å². The van der Waals surface area contributed by atoms with Crippen LogP contribution in [0.1, 0.15) is 19.5 Å². The highest BCUT2D eigenvalue weighted by molar-refractivity contribution is 4.92. The summed E-state index contributed by atoms with van der Waals surface area (Å²) in [6, 6.07) is 0. The highest BCUT2D eigenvalue weighted by Crippen LogP contribution is 1.92. The molecule has 0 bridgehead atoms. The van der Waals surface area contributed by atoms with Crippen LogP contribution in [0.15, 0.2) is 18.6 Å². The molecule has 4 heteroatoms. The Morgan fingerprint density at radius 3 is 2.92 bits per heavy atom. The lowest BCUT2D eigenvalue weighted by atomic mass is 10.2. The molecule has 72 valence electrons. The van der Waals surface area contributed by atoms with Gasteiger partial charge < -0.3 is 4.84 Å². The van der Waals surface area contributed by atoms with Gasteiger partial charge in [0.1, 0.15) is 0 Å². The molecular formula is C9H15N3O. The van der Waals surface area contributed by atoms with Crippen LogP contribution in [0, 0.1) is 5.92 Å². The van der Waals surface area contributed by atoms with Crippen molar-refractivity contribution in [2.75, 3.05) is 6.61 Å². The third-order valence-electron chi connectivity index (χ3n) is 1.39. The van der Waals surface area contributed by atoms with Crippen LogP contribution in [0.5, 0.6) is 0 Å². The van der Waals surface area contributed by atoms with E-state index < -0.39 is 0 Å². The molecule has 1 aromatic heterocycles. The second kappa shape index (κ2) is 5.61. The maximum atomic E-state index is 5.18. The average molecular weight is 181 g/mol. The van der Waals surface area contributed by atoms with Gasteiger partial charge in [-0.3, -0.25) is 9.97 Å². The molecule has 1 rings (SSSR count). The van der Waals surface area contributed by atoms with E-state index in [1.165, 1.54) is 0 Å². The Labute approximate surface area is 78.3 Å². The molecule has 0 aromatic carbocycles. The monoisotopic (exact) mass is 181 g/mol. The van der Waals surface area contributed by atoms with Crippen molar-refractivity contribution in [3.63, 3.8) is 0 Å². The smallest absolute Gasteiger partial charge is 0.0748 e. The molecule has 0 saturated carbocycles. The first-order valence-corrected chi connectivity index (χ1v) is 4.38. The molecule has 0 fully saturated rings. The van der Waals surface area contributed by atoms with Crippen molar-refractivity contribution in [3.05, 3.63) is 24.3 Å². The van der Waals surface area contributed by atoms with Crippen molar-refractivity contribution >= 4 is 0 Å². The first kappa shape index (κ1) is 10.1. The Kier molecular flexibility index (Phi) is 4.35. The lowest BCUT2D eigenvalue weighted by Gasteiger charge is -2.06. The fourth-order valence-corrected chi connectivity index (χ4v) is 0.772. The van der Waals surface area contributed by atoms with Crippen molar-refractivity contribution in [3.8, 4) is 0 Å². The summed E-state index contributed by atoms with van der Waals surface area (Å²) in [7, 11) is 0. The molecule has 4 nitrogen and oxygen atoms in total. The predicted molar refractivity (Wildman–Crippen MR) is 49.7 cm³/mol. The number of hydrogen-bond donors (Lipinski definition) is 1. The standard InChI is InChI=1S/C9H15N3O/c1-8(2)7-13-12-6-9-5-10-3-4-11-9/h3-5,8,12H,6-7H2,1-2H3. The van der Waals surface area contributed by atoms with Gasteiger partial charge in [-0.2, -0.15) is 5.48 Å².